The van der Waals surface area contributed by atoms with Crippen LogP contribution in [-0.4, -0.2) is 19.6 Å². The van der Waals surface area contributed by atoms with E-state index in [4.69, 9.17) is 0 Å². The number of anilines is 1. The van der Waals surface area contributed by atoms with Crippen LogP contribution >= 0.6 is 0 Å². The lowest BCUT2D eigenvalue weighted by Crippen LogP contribution is -2.02. The van der Waals surface area contributed by atoms with Crippen molar-refractivity contribution in [1.82, 2.24) is 19.6 Å². The van der Waals surface area contributed by atoms with Crippen molar-refractivity contribution in [3.8, 4) is 0 Å². The number of hydrogen-bond donors (Lipinski definition) is 1. The van der Waals surface area contributed by atoms with Crippen molar-refractivity contribution in [2.45, 2.75) is 33.4 Å². The van der Waals surface area contributed by atoms with Gasteiger partial charge in [0.2, 0.25) is 0 Å². The van der Waals surface area contributed by atoms with E-state index < -0.39 is 0 Å². The number of hydrogen-bond acceptors (Lipinski definition) is 3. The zero-order valence-electron chi connectivity index (χ0n) is 10.8. The lowest BCUT2D eigenvalue weighted by atomic mass is 10.3. The van der Waals surface area contributed by atoms with Gasteiger partial charge in [-0.3, -0.25) is 9.36 Å². The summed E-state index contributed by atoms with van der Waals surface area (Å²) in [5, 5.41) is 11.9. The average Bonchev–Trinajstić information content (AvgIpc) is 2.86. The Morgan fingerprint density at radius 3 is 2.59 bits per heavy atom. The number of nitrogens with zero attached hydrogens (tertiary/aromatic N) is 4. The molecule has 2 aromatic heterocycles. The molecular formula is C12H19N5. The van der Waals surface area contributed by atoms with Crippen LogP contribution in [0.25, 0.3) is 0 Å². The predicted octanol–water partition coefficient (Wildman–Crippen LogP) is 2.12. The SMILES string of the molecule is Cc1c(NCc2cnn(C(C)C)c2)cnn1C. The van der Waals surface area contributed by atoms with E-state index in [1.807, 2.05) is 35.7 Å². The van der Waals surface area contributed by atoms with Crippen LogP contribution in [0, 0.1) is 6.92 Å². The van der Waals surface area contributed by atoms with Gasteiger partial charge in [0.1, 0.15) is 0 Å². The summed E-state index contributed by atoms with van der Waals surface area (Å²) in [6.07, 6.45) is 5.82. The van der Waals surface area contributed by atoms with E-state index >= 15 is 0 Å². The van der Waals surface area contributed by atoms with E-state index in [0.717, 1.165) is 17.9 Å². The Hall–Kier alpha value is -1.78. The first-order chi connectivity index (χ1) is 8.08. The molecule has 0 bridgehead atoms. The second-order valence-electron chi connectivity index (χ2n) is 4.54. The maximum absolute atomic E-state index is 4.31. The molecule has 0 saturated carbocycles. The fourth-order valence-corrected chi connectivity index (χ4v) is 1.62. The highest BCUT2D eigenvalue weighted by Gasteiger charge is 2.05. The summed E-state index contributed by atoms with van der Waals surface area (Å²) in [7, 11) is 1.94. The molecule has 0 radical (unpaired) electrons. The first kappa shape index (κ1) is 11.7. The van der Waals surface area contributed by atoms with Gasteiger partial charge in [-0.05, 0) is 20.8 Å². The van der Waals surface area contributed by atoms with E-state index in [-0.39, 0.29) is 0 Å². The van der Waals surface area contributed by atoms with Gasteiger partial charge >= 0.3 is 0 Å². The lowest BCUT2D eigenvalue weighted by Gasteiger charge is -2.04. The van der Waals surface area contributed by atoms with Crippen molar-refractivity contribution in [3.63, 3.8) is 0 Å². The Bertz CT molecular complexity index is 495. The third-order valence-electron chi connectivity index (χ3n) is 2.90. The maximum atomic E-state index is 4.31. The molecule has 0 atom stereocenters. The van der Waals surface area contributed by atoms with Crippen LogP contribution in [0.15, 0.2) is 18.6 Å². The summed E-state index contributed by atoms with van der Waals surface area (Å²) in [5.74, 6) is 0. The smallest absolute Gasteiger partial charge is 0.0758 e. The molecule has 0 aromatic carbocycles. The van der Waals surface area contributed by atoms with Crippen LogP contribution in [0.5, 0.6) is 0 Å². The van der Waals surface area contributed by atoms with Crippen molar-refractivity contribution in [2.75, 3.05) is 5.32 Å². The summed E-state index contributed by atoms with van der Waals surface area (Å²) in [4.78, 5) is 0. The molecule has 2 rings (SSSR count). The Kier molecular flexibility index (Phi) is 3.17. The highest BCUT2D eigenvalue weighted by atomic mass is 15.3. The number of nitrogens with one attached hydrogen (secondary N) is 1. The molecule has 0 aliphatic rings. The highest BCUT2D eigenvalue weighted by Crippen LogP contribution is 2.14. The fraction of sp³-hybridized carbons (Fsp3) is 0.500. The van der Waals surface area contributed by atoms with Gasteiger partial charge in [-0.1, -0.05) is 0 Å². The molecule has 0 saturated heterocycles. The van der Waals surface area contributed by atoms with Gasteiger partial charge in [0.25, 0.3) is 0 Å². The molecule has 0 aliphatic carbocycles. The fourth-order valence-electron chi connectivity index (χ4n) is 1.62. The van der Waals surface area contributed by atoms with Gasteiger partial charge in [0.15, 0.2) is 0 Å². The van der Waals surface area contributed by atoms with E-state index in [0.29, 0.717) is 6.04 Å². The van der Waals surface area contributed by atoms with Crippen LogP contribution < -0.4 is 5.32 Å². The zero-order chi connectivity index (χ0) is 12.4. The van der Waals surface area contributed by atoms with Crippen molar-refractivity contribution >= 4 is 5.69 Å². The Morgan fingerprint density at radius 2 is 2.06 bits per heavy atom. The quantitative estimate of drug-likeness (QED) is 0.880. The van der Waals surface area contributed by atoms with Crippen LogP contribution in [0.4, 0.5) is 5.69 Å². The van der Waals surface area contributed by atoms with Crippen LogP contribution in [-0.2, 0) is 13.6 Å². The van der Waals surface area contributed by atoms with E-state index in [1.54, 1.807) is 0 Å². The molecule has 0 amide bonds. The van der Waals surface area contributed by atoms with Crippen molar-refractivity contribution < 1.29 is 0 Å². The molecular weight excluding hydrogens is 214 g/mol. The van der Waals surface area contributed by atoms with Gasteiger partial charge in [-0.25, -0.2) is 0 Å². The molecule has 0 fully saturated rings. The van der Waals surface area contributed by atoms with Crippen molar-refractivity contribution in [2.24, 2.45) is 7.05 Å². The lowest BCUT2D eigenvalue weighted by molar-refractivity contribution is 0.532. The second-order valence-corrected chi connectivity index (χ2v) is 4.54. The molecule has 0 spiro atoms. The number of rotatable bonds is 4. The Balaban J connectivity index is 2.00. The summed E-state index contributed by atoms with van der Waals surface area (Å²) in [5.41, 5.74) is 3.40. The first-order valence-corrected chi connectivity index (χ1v) is 5.83. The minimum Gasteiger partial charge on any atom is -0.378 e. The molecule has 5 nitrogen and oxygen atoms in total. The highest BCUT2D eigenvalue weighted by molar-refractivity contribution is 5.45. The van der Waals surface area contributed by atoms with Gasteiger partial charge in [-0.2, -0.15) is 10.2 Å². The number of aryl methyl sites for hydroxylation is 1. The maximum Gasteiger partial charge on any atom is 0.0758 e. The summed E-state index contributed by atoms with van der Waals surface area (Å²) >= 11 is 0. The minimum atomic E-state index is 0.406. The molecule has 0 aliphatic heterocycles. The van der Waals surface area contributed by atoms with Gasteiger partial charge in [0.05, 0.1) is 23.8 Å². The number of aromatic nitrogens is 4. The molecule has 17 heavy (non-hydrogen) atoms. The van der Waals surface area contributed by atoms with E-state index in [2.05, 4.69) is 35.6 Å². The second kappa shape index (κ2) is 4.61. The summed E-state index contributed by atoms with van der Waals surface area (Å²) in [6.45, 7) is 7.07. The van der Waals surface area contributed by atoms with Gasteiger partial charge in [0, 0.05) is 31.4 Å². The molecule has 2 aromatic rings. The monoisotopic (exact) mass is 233 g/mol. The standard InChI is InChI=1S/C12H19N5/c1-9(2)17-8-11(6-15-17)5-13-12-7-14-16(4)10(12)3/h6-9,13H,5H2,1-4H3. The van der Waals surface area contributed by atoms with Crippen LogP contribution in [0.2, 0.25) is 0 Å². The predicted molar refractivity (Wildman–Crippen MR) is 67.9 cm³/mol. The van der Waals surface area contributed by atoms with Crippen LogP contribution in [0.3, 0.4) is 0 Å². The minimum absolute atomic E-state index is 0.406. The summed E-state index contributed by atoms with van der Waals surface area (Å²) < 4.78 is 3.83. The first-order valence-electron chi connectivity index (χ1n) is 5.83. The largest absolute Gasteiger partial charge is 0.378 e. The van der Waals surface area contributed by atoms with E-state index in [1.165, 1.54) is 5.56 Å². The van der Waals surface area contributed by atoms with Gasteiger partial charge < -0.3 is 5.32 Å². The van der Waals surface area contributed by atoms with Crippen LogP contribution in [0.1, 0.15) is 31.1 Å². The zero-order valence-corrected chi connectivity index (χ0v) is 10.8. The van der Waals surface area contributed by atoms with Crippen molar-refractivity contribution in [3.05, 3.63) is 29.8 Å². The third-order valence-corrected chi connectivity index (χ3v) is 2.90. The van der Waals surface area contributed by atoms with Gasteiger partial charge in [-0.15, -0.1) is 0 Å². The average molecular weight is 233 g/mol. The molecule has 1 N–H and O–H groups in total. The van der Waals surface area contributed by atoms with E-state index in [9.17, 15) is 0 Å². The Labute approximate surface area is 101 Å². The topological polar surface area (TPSA) is 47.7 Å². The third kappa shape index (κ3) is 2.49. The normalized spacial score (nSPS) is 11.1. The molecule has 2 heterocycles. The molecule has 5 heteroatoms. The Morgan fingerprint density at radius 1 is 1.29 bits per heavy atom. The summed E-state index contributed by atoms with van der Waals surface area (Å²) in [6, 6.07) is 0.406. The van der Waals surface area contributed by atoms with Crippen molar-refractivity contribution in [1.29, 1.82) is 0 Å². The molecule has 0 unspecified atom stereocenters. The molecule has 92 valence electrons.